The largest absolute Gasteiger partial charge is 0.310 e. The maximum Gasteiger partial charge on any atom is 0.286 e. The average Bonchev–Trinajstić information content (AvgIpc) is 2.75. The van der Waals surface area contributed by atoms with Gasteiger partial charge in [0.2, 0.25) is 5.91 Å². The molecule has 5 heteroatoms. The molecule has 0 bridgehead atoms. The minimum Gasteiger partial charge on any atom is -0.310 e. The van der Waals surface area contributed by atoms with Crippen molar-refractivity contribution in [2.75, 3.05) is 0 Å². The lowest BCUT2D eigenvalue weighted by Gasteiger charge is -2.16. The molecule has 2 N–H and O–H groups in total. The topological polar surface area (TPSA) is 58.2 Å². The summed E-state index contributed by atoms with van der Waals surface area (Å²) in [6.07, 6.45) is 8.63. The van der Waals surface area contributed by atoms with Crippen LogP contribution < -0.4 is 10.6 Å². The van der Waals surface area contributed by atoms with E-state index in [9.17, 15) is 9.59 Å². The van der Waals surface area contributed by atoms with Crippen molar-refractivity contribution >= 4 is 22.9 Å². The molecular formula is C18H24N2O2S. The van der Waals surface area contributed by atoms with Gasteiger partial charge in [-0.1, -0.05) is 61.7 Å². The van der Waals surface area contributed by atoms with Crippen LogP contribution in [0.1, 0.15) is 49.7 Å². The molecule has 2 amide bonds. The molecule has 1 aliphatic heterocycles. The van der Waals surface area contributed by atoms with Crippen LogP contribution in [-0.4, -0.2) is 22.4 Å². The van der Waals surface area contributed by atoms with Crippen molar-refractivity contribution in [3.05, 3.63) is 35.4 Å². The van der Waals surface area contributed by atoms with E-state index in [1.54, 1.807) is 0 Å². The van der Waals surface area contributed by atoms with Crippen LogP contribution in [0.25, 0.3) is 0 Å². The van der Waals surface area contributed by atoms with E-state index in [0.29, 0.717) is 12.5 Å². The van der Waals surface area contributed by atoms with Gasteiger partial charge in [-0.25, -0.2) is 0 Å². The normalized spacial score (nSPS) is 22.9. The number of benzene rings is 1. The molecule has 124 valence electrons. The van der Waals surface area contributed by atoms with Crippen molar-refractivity contribution in [2.45, 2.75) is 62.8 Å². The van der Waals surface area contributed by atoms with E-state index in [1.165, 1.54) is 44.1 Å². The summed E-state index contributed by atoms with van der Waals surface area (Å²) in [5, 5.41) is 5.49. The molecule has 1 aromatic rings. The average molecular weight is 332 g/mol. The van der Waals surface area contributed by atoms with Gasteiger partial charge in [-0.15, -0.1) is 0 Å². The fourth-order valence-electron chi connectivity index (χ4n) is 3.28. The highest BCUT2D eigenvalue weighted by Gasteiger charge is 2.31. The first-order chi connectivity index (χ1) is 11.2. The van der Waals surface area contributed by atoms with Crippen molar-refractivity contribution in [2.24, 2.45) is 0 Å². The lowest BCUT2D eigenvalue weighted by molar-refractivity contribution is -0.118. The second-order valence-electron chi connectivity index (χ2n) is 6.47. The van der Waals surface area contributed by atoms with Gasteiger partial charge in [0.1, 0.15) is 0 Å². The predicted molar refractivity (Wildman–Crippen MR) is 93.4 cm³/mol. The Morgan fingerprint density at radius 3 is 2.26 bits per heavy atom. The molecular weight excluding hydrogens is 308 g/mol. The Balaban J connectivity index is 1.48. The summed E-state index contributed by atoms with van der Waals surface area (Å²) in [5.41, 5.74) is 2.38. The zero-order chi connectivity index (χ0) is 16.1. The molecule has 0 spiro atoms. The van der Waals surface area contributed by atoms with Crippen LogP contribution in [0.4, 0.5) is 4.79 Å². The molecule has 0 aromatic heterocycles. The van der Waals surface area contributed by atoms with Crippen molar-refractivity contribution < 1.29 is 9.59 Å². The van der Waals surface area contributed by atoms with Gasteiger partial charge in [0.05, 0.1) is 5.25 Å². The van der Waals surface area contributed by atoms with E-state index in [1.807, 2.05) is 0 Å². The van der Waals surface area contributed by atoms with E-state index >= 15 is 0 Å². The van der Waals surface area contributed by atoms with Crippen molar-refractivity contribution in [1.29, 1.82) is 0 Å². The Labute approximate surface area is 141 Å². The van der Waals surface area contributed by atoms with E-state index < -0.39 is 0 Å². The monoisotopic (exact) mass is 332 g/mol. The number of hydrogen-bond acceptors (Lipinski definition) is 4. The summed E-state index contributed by atoms with van der Waals surface area (Å²) < 4.78 is 0. The highest BCUT2D eigenvalue weighted by Crippen LogP contribution is 2.23. The van der Waals surface area contributed by atoms with Gasteiger partial charge < -0.3 is 5.32 Å². The van der Waals surface area contributed by atoms with Crippen molar-refractivity contribution in [3.8, 4) is 0 Å². The van der Waals surface area contributed by atoms with Crippen molar-refractivity contribution in [3.63, 3.8) is 0 Å². The number of imide groups is 1. The Morgan fingerprint density at radius 1 is 1.00 bits per heavy atom. The lowest BCUT2D eigenvalue weighted by atomic mass is 10.1. The van der Waals surface area contributed by atoms with Gasteiger partial charge in [0.25, 0.3) is 5.24 Å². The van der Waals surface area contributed by atoms with Crippen LogP contribution >= 0.6 is 11.8 Å². The van der Waals surface area contributed by atoms with Gasteiger partial charge >= 0.3 is 0 Å². The second-order valence-corrected chi connectivity index (χ2v) is 7.65. The number of hydrogen-bond donors (Lipinski definition) is 2. The molecule has 1 unspecified atom stereocenters. The second kappa shape index (κ2) is 7.97. The minimum atomic E-state index is -0.280. The Kier molecular flexibility index (Phi) is 5.73. The summed E-state index contributed by atoms with van der Waals surface area (Å²) in [6.45, 7) is 0.905. The Hall–Kier alpha value is -1.33. The van der Waals surface area contributed by atoms with Crippen LogP contribution in [0, 0.1) is 0 Å². The van der Waals surface area contributed by atoms with Crippen molar-refractivity contribution in [1.82, 2.24) is 10.6 Å². The lowest BCUT2D eigenvalue weighted by Crippen LogP contribution is -2.27. The van der Waals surface area contributed by atoms with Crippen LogP contribution in [0.3, 0.4) is 0 Å². The first kappa shape index (κ1) is 16.5. The third-order valence-corrected chi connectivity index (χ3v) is 5.64. The van der Waals surface area contributed by atoms with Crippen LogP contribution in [-0.2, 0) is 17.8 Å². The smallest absolute Gasteiger partial charge is 0.286 e. The van der Waals surface area contributed by atoms with Gasteiger partial charge in [-0.3, -0.25) is 14.9 Å². The zero-order valence-electron chi connectivity index (χ0n) is 13.3. The fraction of sp³-hybridized carbons (Fsp3) is 0.556. The maximum atomic E-state index is 11.6. The first-order valence-electron chi connectivity index (χ1n) is 8.53. The van der Waals surface area contributed by atoms with Gasteiger partial charge in [0, 0.05) is 12.6 Å². The molecule has 4 nitrogen and oxygen atoms in total. The number of rotatable bonds is 5. The number of nitrogens with one attached hydrogen (secondary N) is 2. The quantitative estimate of drug-likeness (QED) is 0.812. The third-order valence-electron chi connectivity index (χ3n) is 4.66. The number of thioether (sulfide) groups is 1. The summed E-state index contributed by atoms with van der Waals surface area (Å²) in [5.74, 6) is -0.167. The molecule has 1 saturated carbocycles. The molecule has 1 aromatic carbocycles. The summed E-state index contributed by atoms with van der Waals surface area (Å²) in [7, 11) is 0. The molecule has 1 saturated heterocycles. The van der Waals surface area contributed by atoms with E-state index in [2.05, 4.69) is 34.9 Å². The molecule has 23 heavy (non-hydrogen) atoms. The summed E-state index contributed by atoms with van der Waals surface area (Å²) in [4.78, 5) is 22.8. The molecule has 3 rings (SSSR count). The highest BCUT2D eigenvalue weighted by molar-refractivity contribution is 8.15. The highest BCUT2D eigenvalue weighted by atomic mass is 32.2. The standard InChI is InChI=1S/C18H24N2O2S/c21-17-16(23-18(22)20-17)11-13-7-9-14(10-8-13)12-19-15-5-3-1-2-4-6-15/h7-10,15-16,19H,1-6,11-12H2,(H,20,21,22). The molecule has 1 atom stereocenters. The number of carbonyl (C=O) groups is 2. The maximum absolute atomic E-state index is 11.6. The molecule has 1 aliphatic carbocycles. The molecule has 0 radical (unpaired) electrons. The predicted octanol–water partition coefficient (Wildman–Crippen LogP) is 3.39. The molecule has 1 heterocycles. The summed E-state index contributed by atoms with van der Waals surface area (Å²) >= 11 is 1.09. The minimum absolute atomic E-state index is 0.167. The molecule has 2 fully saturated rings. The van der Waals surface area contributed by atoms with Gasteiger partial charge in [-0.05, 0) is 30.4 Å². The van der Waals surface area contributed by atoms with Crippen LogP contribution in [0.2, 0.25) is 0 Å². The number of carbonyl (C=O) groups excluding carboxylic acids is 2. The van der Waals surface area contributed by atoms with E-state index in [4.69, 9.17) is 0 Å². The third kappa shape index (κ3) is 4.82. The van der Waals surface area contributed by atoms with Crippen LogP contribution in [0.5, 0.6) is 0 Å². The van der Waals surface area contributed by atoms with E-state index in [-0.39, 0.29) is 16.4 Å². The Morgan fingerprint density at radius 2 is 1.65 bits per heavy atom. The summed E-state index contributed by atoms with van der Waals surface area (Å²) in [6, 6.07) is 9.04. The van der Waals surface area contributed by atoms with Gasteiger partial charge in [-0.2, -0.15) is 0 Å². The Bertz CT molecular complexity index is 551. The van der Waals surface area contributed by atoms with Gasteiger partial charge in [0.15, 0.2) is 0 Å². The number of amides is 2. The fourth-order valence-corrected chi connectivity index (χ4v) is 4.14. The van der Waals surface area contributed by atoms with E-state index in [0.717, 1.165) is 23.9 Å². The molecule has 2 aliphatic rings. The first-order valence-corrected chi connectivity index (χ1v) is 9.41. The zero-order valence-corrected chi connectivity index (χ0v) is 14.2. The SMILES string of the molecule is O=C1NC(=O)C(Cc2ccc(CNC3CCCCCC3)cc2)S1. The van der Waals surface area contributed by atoms with Crippen LogP contribution in [0.15, 0.2) is 24.3 Å².